The number of sulfone groups is 1. The van der Waals surface area contributed by atoms with Gasteiger partial charge in [-0.1, -0.05) is 23.7 Å². The molecular weight excluding hydrogens is 274 g/mol. The van der Waals surface area contributed by atoms with E-state index in [1.165, 1.54) is 6.26 Å². The van der Waals surface area contributed by atoms with Crippen molar-refractivity contribution in [2.75, 3.05) is 32.1 Å². The number of hydrogen-bond donors (Lipinski definition) is 0. The van der Waals surface area contributed by atoms with Gasteiger partial charge in [0.15, 0.2) is 5.78 Å². The zero-order valence-corrected chi connectivity index (χ0v) is 12.0. The number of carbonyl (C=O) groups is 1. The minimum Gasteiger partial charge on any atom is -0.298 e. The van der Waals surface area contributed by atoms with Crippen LogP contribution in [0, 0.1) is 0 Å². The number of ketones is 1. The molecule has 0 aliphatic rings. The molecule has 0 radical (unpaired) electrons. The van der Waals surface area contributed by atoms with Crippen molar-refractivity contribution >= 4 is 27.2 Å². The molecule has 0 atom stereocenters. The third-order valence-corrected chi connectivity index (χ3v) is 3.56. The van der Waals surface area contributed by atoms with E-state index in [2.05, 4.69) is 0 Å². The molecule has 0 unspecified atom stereocenters. The van der Waals surface area contributed by atoms with Crippen LogP contribution in [-0.2, 0) is 9.84 Å². The molecule has 0 fully saturated rings. The molecule has 0 N–H and O–H groups in total. The number of rotatable bonds is 6. The van der Waals surface area contributed by atoms with Crippen LogP contribution in [0.25, 0.3) is 0 Å². The smallest absolute Gasteiger partial charge is 0.176 e. The number of nitrogens with zero attached hydrogens (tertiary/aromatic N) is 1. The van der Waals surface area contributed by atoms with Crippen LogP contribution in [0.15, 0.2) is 24.3 Å². The summed E-state index contributed by atoms with van der Waals surface area (Å²) in [7, 11) is -1.28. The second-order valence-corrected chi connectivity index (χ2v) is 7.00. The normalized spacial score (nSPS) is 11.8. The maximum Gasteiger partial charge on any atom is 0.176 e. The highest BCUT2D eigenvalue weighted by molar-refractivity contribution is 7.90. The van der Waals surface area contributed by atoms with E-state index in [1.54, 1.807) is 36.2 Å². The predicted octanol–water partition coefficient (Wildman–Crippen LogP) is 1.50. The highest BCUT2D eigenvalue weighted by atomic mass is 35.5. The van der Waals surface area contributed by atoms with Crippen molar-refractivity contribution in [1.82, 2.24) is 4.90 Å². The number of hydrogen-bond acceptors (Lipinski definition) is 4. The Morgan fingerprint density at radius 2 is 2.06 bits per heavy atom. The number of halogens is 1. The van der Waals surface area contributed by atoms with Crippen LogP contribution in [0.1, 0.15) is 10.4 Å². The third kappa shape index (κ3) is 5.62. The molecule has 0 amide bonds. The van der Waals surface area contributed by atoms with Crippen molar-refractivity contribution in [2.45, 2.75) is 0 Å². The lowest BCUT2D eigenvalue weighted by molar-refractivity contribution is 0.0949. The Morgan fingerprint density at radius 1 is 1.39 bits per heavy atom. The second-order valence-electron chi connectivity index (χ2n) is 4.30. The van der Waals surface area contributed by atoms with Crippen LogP contribution in [0.2, 0.25) is 5.02 Å². The molecule has 1 aromatic rings. The quantitative estimate of drug-likeness (QED) is 0.745. The van der Waals surface area contributed by atoms with Crippen LogP contribution in [0.5, 0.6) is 0 Å². The lowest BCUT2D eigenvalue weighted by Crippen LogP contribution is -2.30. The molecule has 0 bridgehead atoms. The Labute approximate surface area is 112 Å². The molecule has 1 aromatic carbocycles. The molecule has 4 nitrogen and oxygen atoms in total. The SMILES string of the molecule is CN(CCS(C)(=O)=O)CC(=O)c1cccc(Cl)c1. The van der Waals surface area contributed by atoms with Gasteiger partial charge in [-0.25, -0.2) is 8.42 Å². The molecule has 100 valence electrons. The lowest BCUT2D eigenvalue weighted by atomic mass is 10.1. The van der Waals surface area contributed by atoms with Gasteiger partial charge in [-0.3, -0.25) is 9.69 Å². The van der Waals surface area contributed by atoms with Crippen molar-refractivity contribution < 1.29 is 13.2 Å². The van der Waals surface area contributed by atoms with Gasteiger partial charge >= 0.3 is 0 Å². The van der Waals surface area contributed by atoms with Gasteiger partial charge in [0, 0.05) is 23.4 Å². The molecule has 6 heteroatoms. The number of likely N-dealkylation sites (N-methyl/N-ethyl adjacent to an activating group) is 1. The number of benzene rings is 1. The summed E-state index contributed by atoms with van der Waals surface area (Å²) in [5, 5.41) is 0.514. The average molecular weight is 290 g/mol. The summed E-state index contributed by atoms with van der Waals surface area (Å²) in [6.07, 6.45) is 1.18. The van der Waals surface area contributed by atoms with Gasteiger partial charge in [-0.15, -0.1) is 0 Å². The van der Waals surface area contributed by atoms with E-state index in [4.69, 9.17) is 11.6 Å². The van der Waals surface area contributed by atoms with Crippen LogP contribution < -0.4 is 0 Å². The van der Waals surface area contributed by atoms with Gasteiger partial charge in [-0.2, -0.15) is 0 Å². The predicted molar refractivity (Wildman–Crippen MR) is 73.0 cm³/mol. The molecule has 0 aliphatic heterocycles. The fourth-order valence-electron chi connectivity index (χ4n) is 1.40. The fraction of sp³-hybridized carbons (Fsp3) is 0.417. The van der Waals surface area contributed by atoms with Gasteiger partial charge in [-0.05, 0) is 19.2 Å². The molecule has 0 saturated heterocycles. The maximum absolute atomic E-state index is 11.9. The third-order valence-electron chi connectivity index (χ3n) is 2.40. The van der Waals surface area contributed by atoms with Crippen LogP contribution in [0.3, 0.4) is 0 Å². The van der Waals surface area contributed by atoms with Gasteiger partial charge in [0.05, 0.1) is 12.3 Å². The largest absolute Gasteiger partial charge is 0.298 e. The molecule has 0 spiro atoms. The standard InChI is InChI=1S/C12H16ClNO3S/c1-14(6-7-18(2,16)17)9-12(15)10-4-3-5-11(13)8-10/h3-5,8H,6-7,9H2,1-2H3. The molecule has 1 rings (SSSR count). The van der Waals surface area contributed by atoms with Crippen LogP contribution >= 0.6 is 11.6 Å². The van der Waals surface area contributed by atoms with Crippen molar-refractivity contribution in [3.8, 4) is 0 Å². The summed E-state index contributed by atoms with van der Waals surface area (Å²) >= 11 is 5.80. The van der Waals surface area contributed by atoms with E-state index in [9.17, 15) is 13.2 Å². The average Bonchev–Trinajstić information content (AvgIpc) is 2.25. The van der Waals surface area contributed by atoms with E-state index in [-0.39, 0.29) is 18.1 Å². The van der Waals surface area contributed by atoms with E-state index in [1.807, 2.05) is 0 Å². The first-order chi connectivity index (χ1) is 8.28. The van der Waals surface area contributed by atoms with Gasteiger partial charge < -0.3 is 0 Å². The molecular formula is C12H16ClNO3S. The summed E-state index contributed by atoms with van der Waals surface area (Å²) < 4.78 is 22.0. The van der Waals surface area contributed by atoms with Gasteiger partial charge in [0.1, 0.15) is 9.84 Å². The lowest BCUT2D eigenvalue weighted by Gasteiger charge is -2.14. The summed E-state index contributed by atoms with van der Waals surface area (Å²) in [5.74, 6) is -0.0275. The summed E-state index contributed by atoms with van der Waals surface area (Å²) in [6.45, 7) is 0.515. The summed E-state index contributed by atoms with van der Waals surface area (Å²) in [6, 6.07) is 6.71. The Bertz CT molecular complexity index is 528. The highest BCUT2D eigenvalue weighted by Crippen LogP contribution is 2.11. The van der Waals surface area contributed by atoms with Crippen LogP contribution in [0.4, 0.5) is 0 Å². The van der Waals surface area contributed by atoms with E-state index < -0.39 is 9.84 Å². The minimum absolute atomic E-state index is 0.0479. The monoisotopic (exact) mass is 289 g/mol. The molecule has 18 heavy (non-hydrogen) atoms. The van der Waals surface area contributed by atoms with Crippen molar-refractivity contribution in [2.24, 2.45) is 0 Å². The first-order valence-corrected chi connectivity index (χ1v) is 7.87. The van der Waals surface area contributed by atoms with Crippen molar-refractivity contribution in [1.29, 1.82) is 0 Å². The van der Waals surface area contributed by atoms with Crippen molar-refractivity contribution in [3.05, 3.63) is 34.9 Å². The first-order valence-electron chi connectivity index (χ1n) is 5.43. The summed E-state index contributed by atoms with van der Waals surface area (Å²) in [4.78, 5) is 13.6. The maximum atomic E-state index is 11.9. The minimum atomic E-state index is -3.00. The number of carbonyl (C=O) groups excluding carboxylic acids is 1. The molecule has 0 heterocycles. The van der Waals surface area contributed by atoms with E-state index in [0.717, 1.165) is 0 Å². The Balaban J connectivity index is 2.55. The molecule has 0 aromatic heterocycles. The van der Waals surface area contributed by atoms with E-state index in [0.29, 0.717) is 17.1 Å². The highest BCUT2D eigenvalue weighted by Gasteiger charge is 2.11. The Morgan fingerprint density at radius 3 is 2.61 bits per heavy atom. The Kier molecular flexibility index (Phi) is 5.31. The molecule has 0 aliphatic carbocycles. The summed E-state index contributed by atoms with van der Waals surface area (Å²) in [5.41, 5.74) is 0.536. The van der Waals surface area contributed by atoms with Crippen molar-refractivity contribution in [3.63, 3.8) is 0 Å². The van der Waals surface area contributed by atoms with Gasteiger partial charge in [0.2, 0.25) is 0 Å². The zero-order valence-electron chi connectivity index (χ0n) is 10.4. The second kappa shape index (κ2) is 6.31. The zero-order chi connectivity index (χ0) is 13.8. The fourth-order valence-corrected chi connectivity index (χ4v) is 2.23. The Hall–Kier alpha value is -0.910. The number of Topliss-reactive ketones (excluding diaryl/α,β-unsaturated/α-hetero) is 1. The van der Waals surface area contributed by atoms with Gasteiger partial charge in [0.25, 0.3) is 0 Å². The molecule has 0 saturated carbocycles. The first kappa shape index (κ1) is 15.1. The topological polar surface area (TPSA) is 54.5 Å². The van der Waals surface area contributed by atoms with Crippen LogP contribution in [-0.4, -0.2) is 51.2 Å². The van der Waals surface area contributed by atoms with E-state index >= 15 is 0 Å².